The van der Waals surface area contributed by atoms with Crippen LogP contribution in [0.3, 0.4) is 0 Å². The number of methoxy groups -OCH3 is 1. The van der Waals surface area contributed by atoms with Crippen LogP contribution in [0.1, 0.15) is 86.2 Å². The van der Waals surface area contributed by atoms with Gasteiger partial charge >= 0.3 is 0 Å². The van der Waals surface area contributed by atoms with Crippen LogP contribution < -0.4 is 14.4 Å². The molecule has 10 heteroatoms. The number of nitrogens with one attached hydrogen (secondary N) is 1. The normalized spacial score (nSPS) is 27.0. The van der Waals surface area contributed by atoms with Crippen LogP contribution in [-0.4, -0.2) is 65.7 Å². The van der Waals surface area contributed by atoms with E-state index >= 15 is 0 Å². The molecule has 1 aliphatic carbocycles. The molecule has 0 saturated heterocycles. The zero-order chi connectivity index (χ0) is 32.7. The number of carbonyl (C=O) groups excluding carboxylic acids is 1. The second-order valence-corrected chi connectivity index (χ2v) is 15.3. The fourth-order valence-electron chi connectivity index (χ4n) is 7.04. The van der Waals surface area contributed by atoms with E-state index in [1.807, 2.05) is 25.1 Å². The van der Waals surface area contributed by atoms with Crippen LogP contribution in [-0.2, 0) is 25.9 Å². The maximum absolute atomic E-state index is 13.4. The van der Waals surface area contributed by atoms with Gasteiger partial charge in [-0.05, 0) is 98.2 Å². The summed E-state index contributed by atoms with van der Waals surface area (Å²) in [6, 6.07) is 11.5. The second kappa shape index (κ2) is 16.0. The van der Waals surface area contributed by atoms with E-state index < -0.39 is 21.2 Å². The first-order valence-corrected chi connectivity index (χ1v) is 18.8. The molecule has 1 amide bonds. The Kier molecular flexibility index (Phi) is 12.1. The third kappa shape index (κ3) is 8.27. The number of rotatable bonds is 9. The third-order valence-corrected chi connectivity index (χ3v) is 12.0. The summed E-state index contributed by atoms with van der Waals surface area (Å²) in [5, 5.41) is 0.0551. The third-order valence-electron chi connectivity index (χ3n) is 9.85. The van der Waals surface area contributed by atoms with Gasteiger partial charge in [0.1, 0.15) is 5.75 Å². The lowest BCUT2D eigenvalue weighted by Crippen LogP contribution is -2.45. The maximum atomic E-state index is 13.4. The van der Waals surface area contributed by atoms with Crippen molar-refractivity contribution in [2.75, 3.05) is 44.9 Å². The van der Waals surface area contributed by atoms with Crippen molar-refractivity contribution < 1.29 is 27.4 Å². The lowest BCUT2D eigenvalue weighted by molar-refractivity contribution is -0.0308. The molecule has 5 atom stereocenters. The summed E-state index contributed by atoms with van der Waals surface area (Å²) in [6.07, 6.45) is 10.8. The summed E-state index contributed by atoms with van der Waals surface area (Å²) in [5.74, 6) is 0.861. The quantitative estimate of drug-likeness (QED) is 0.229. The van der Waals surface area contributed by atoms with Crippen molar-refractivity contribution in [3.63, 3.8) is 0 Å². The van der Waals surface area contributed by atoms with Crippen LogP contribution in [0, 0.1) is 11.8 Å². The highest BCUT2D eigenvalue weighted by molar-refractivity contribution is 7.90. The summed E-state index contributed by atoms with van der Waals surface area (Å²) in [5.41, 5.74) is 3.60. The summed E-state index contributed by atoms with van der Waals surface area (Å²) in [6.45, 7) is 7.00. The highest BCUT2D eigenvalue weighted by Crippen LogP contribution is 2.43. The molecule has 46 heavy (non-hydrogen) atoms. The van der Waals surface area contributed by atoms with Crippen molar-refractivity contribution in [3.05, 3.63) is 70.3 Å². The van der Waals surface area contributed by atoms with E-state index in [2.05, 4.69) is 34.8 Å². The molecule has 0 radical (unpaired) electrons. The topological polar surface area (TPSA) is 94.2 Å². The molecule has 252 valence electrons. The number of aryl methyl sites for hydroxylation is 1. The fraction of sp³-hybridized carbons (Fsp3) is 0.583. The lowest BCUT2D eigenvalue weighted by atomic mass is 9.70. The first kappa shape index (κ1) is 34.7. The number of carbonyl (C=O) groups is 1. The van der Waals surface area contributed by atoms with Crippen LogP contribution in [0.4, 0.5) is 5.69 Å². The van der Waals surface area contributed by atoms with Gasteiger partial charge < -0.3 is 19.1 Å². The highest BCUT2D eigenvalue weighted by atomic mass is 35.5. The van der Waals surface area contributed by atoms with Crippen LogP contribution in [0.2, 0.25) is 5.02 Å². The smallest absolute Gasteiger partial charge is 0.264 e. The number of nitrogens with zero attached hydrogens (tertiary/aromatic N) is 1. The average Bonchev–Trinajstić information content (AvgIpc) is 3.20. The Bertz CT molecular complexity index is 1480. The molecule has 2 aromatic rings. The minimum Gasteiger partial charge on any atom is -0.491 e. The average molecular weight is 673 g/mol. The molecule has 8 nitrogen and oxygen atoms in total. The zero-order valence-corrected chi connectivity index (χ0v) is 29.0. The summed E-state index contributed by atoms with van der Waals surface area (Å²) in [4.78, 5) is 15.8. The fourth-order valence-corrected chi connectivity index (χ4v) is 8.66. The Labute approximate surface area is 279 Å². The molecule has 3 aliphatic rings. The molecule has 2 heterocycles. The van der Waals surface area contributed by atoms with Crippen molar-refractivity contribution in [3.8, 4) is 5.75 Å². The number of benzene rings is 2. The van der Waals surface area contributed by atoms with E-state index in [0.29, 0.717) is 68.8 Å². The van der Waals surface area contributed by atoms with Crippen LogP contribution in [0.25, 0.3) is 0 Å². The molecule has 2 aliphatic heterocycles. The number of allylic oxidation sites excluding steroid dienone is 1. The molecule has 1 fully saturated rings. The summed E-state index contributed by atoms with van der Waals surface area (Å²) >= 11 is 6.46. The van der Waals surface area contributed by atoms with Gasteiger partial charge in [0.25, 0.3) is 5.91 Å². The SMILES string of the molecule is CCCCc1cc(Cl)ccc1[C@@H]1COc2ccc3cc2N(C1)C[C@@H]1CC[C@H]1[C@@H](OCCOC)/C=C/CC[C@@H](CC)S(=O)(=O)NC3=O. The van der Waals surface area contributed by atoms with E-state index in [9.17, 15) is 13.2 Å². The number of anilines is 1. The molecule has 1 N–H and O–H groups in total. The van der Waals surface area contributed by atoms with Crippen molar-refractivity contribution in [2.24, 2.45) is 11.8 Å². The van der Waals surface area contributed by atoms with E-state index in [1.165, 1.54) is 11.1 Å². The molecule has 5 rings (SSSR count). The molecule has 0 aromatic heterocycles. The second-order valence-electron chi connectivity index (χ2n) is 12.9. The first-order valence-electron chi connectivity index (χ1n) is 16.9. The Balaban J connectivity index is 1.53. The molecule has 2 bridgehead atoms. The molecular weight excluding hydrogens is 624 g/mol. The molecule has 0 unspecified atom stereocenters. The van der Waals surface area contributed by atoms with Gasteiger partial charge in [0.05, 0.1) is 36.9 Å². The van der Waals surface area contributed by atoms with Crippen molar-refractivity contribution in [1.82, 2.24) is 4.72 Å². The van der Waals surface area contributed by atoms with Crippen molar-refractivity contribution >= 4 is 33.2 Å². The Hall–Kier alpha value is -2.59. The number of ether oxygens (including phenoxy) is 3. The number of fused-ring (bicyclic) bond motifs is 2. The van der Waals surface area contributed by atoms with Crippen LogP contribution in [0.15, 0.2) is 48.6 Å². The van der Waals surface area contributed by atoms with Gasteiger partial charge in [-0.3, -0.25) is 4.79 Å². The largest absolute Gasteiger partial charge is 0.491 e. The molecular formula is C36H49ClN2O6S. The zero-order valence-electron chi connectivity index (χ0n) is 27.4. The summed E-state index contributed by atoms with van der Waals surface area (Å²) in [7, 11) is -2.20. The van der Waals surface area contributed by atoms with Gasteiger partial charge in [0, 0.05) is 36.7 Å². The maximum Gasteiger partial charge on any atom is 0.264 e. The lowest BCUT2D eigenvalue weighted by Gasteiger charge is -2.44. The summed E-state index contributed by atoms with van der Waals surface area (Å²) < 4.78 is 47.1. The van der Waals surface area contributed by atoms with Gasteiger partial charge in [-0.25, -0.2) is 13.1 Å². The molecule has 2 aromatic carbocycles. The van der Waals surface area contributed by atoms with Gasteiger partial charge in [0.2, 0.25) is 10.0 Å². The van der Waals surface area contributed by atoms with Crippen molar-refractivity contribution in [2.45, 2.75) is 82.5 Å². The van der Waals surface area contributed by atoms with Crippen LogP contribution >= 0.6 is 11.6 Å². The van der Waals surface area contributed by atoms with E-state index in [-0.39, 0.29) is 12.0 Å². The number of amides is 1. The molecule has 1 saturated carbocycles. The Morgan fingerprint density at radius 2 is 1.91 bits per heavy atom. The monoisotopic (exact) mass is 672 g/mol. The Morgan fingerprint density at radius 1 is 1.07 bits per heavy atom. The number of unbranched alkanes of at least 4 members (excludes halogenated alkanes) is 1. The van der Waals surface area contributed by atoms with E-state index in [0.717, 1.165) is 49.4 Å². The van der Waals surface area contributed by atoms with Gasteiger partial charge in [0.15, 0.2) is 0 Å². The number of sulfonamides is 1. The molecule has 0 spiro atoms. The van der Waals surface area contributed by atoms with Gasteiger partial charge in [-0.2, -0.15) is 0 Å². The van der Waals surface area contributed by atoms with Gasteiger partial charge in [-0.15, -0.1) is 0 Å². The van der Waals surface area contributed by atoms with Gasteiger partial charge in [-0.1, -0.05) is 50.1 Å². The number of halogens is 1. The number of hydrogen-bond donors (Lipinski definition) is 1. The minimum absolute atomic E-state index is 0.0808. The van der Waals surface area contributed by atoms with Crippen LogP contribution in [0.5, 0.6) is 5.75 Å². The van der Waals surface area contributed by atoms with Crippen molar-refractivity contribution in [1.29, 1.82) is 0 Å². The number of hydrogen-bond acceptors (Lipinski definition) is 7. The minimum atomic E-state index is -3.88. The Morgan fingerprint density at radius 3 is 2.65 bits per heavy atom. The predicted molar refractivity (Wildman–Crippen MR) is 184 cm³/mol. The highest BCUT2D eigenvalue weighted by Gasteiger charge is 2.39. The van der Waals surface area contributed by atoms with E-state index in [4.69, 9.17) is 25.8 Å². The standard InChI is InChI=1S/C36H49ClN2O6S/c1-4-6-9-25-20-29(37)14-16-31(25)28-23-39-22-27-12-15-32(27)34(44-19-18-43-3)11-8-7-10-30(5-2)46(41,42)38-36(40)26-13-17-35(45-24-28)33(39)21-26/h8,11,13-14,16-17,20-21,27-28,30,32,34H,4-7,9-10,12,15,18-19,22-24H2,1-3H3,(H,38,40)/b11-8+/t27-,28-,30+,32+,34-/m0/s1. The first-order chi connectivity index (χ1) is 22.2. The van der Waals surface area contributed by atoms with E-state index in [1.54, 1.807) is 19.2 Å². The predicted octanol–water partition coefficient (Wildman–Crippen LogP) is 6.91.